The van der Waals surface area contributed by atoms with Gasteiger partial charge in [-0.1, -0.05) is 41.6 Å². The highest BCUT2D eigenvalue weighted by atomic mass is 32.1. The summed E-state index contributed by atoms with van der Waals surface area (Å²) < 4.78 is 12.5. The van der Waals surface area contributed by atoms with Gasteiger partial charge in [-0.25, -0.2) is 14.8 Å². The number of pyridine rings is 1. The molecule has 4 heterocycles. The Hall–Kier alpha value is -4.31. The first-order valence-corrected chi connectivity index (χ1v) is 11.7. The number of amides is 1. The van der Waals surface area contributed by atoms with E-state index in [4.69, 9.17) is 9.26 Å². The van der Waals surface area contributed by atoms with E-state index in [1.807, 2.05) is 59.5 Å². The number of ether oxygens (including phenoxy) is 1. The second-order valence-corrected chi connectivity index (χ2v) is 8.81. The molecule has 0 aliphatic rings. The zero-order chi connectivity index (χ0) is 24.4. The van der Waals surface area contributed by atoms with Crippen LogP contribution in [0.2, 0.25) is 0 Å². The van der Waals surface area contributed by atoms with E-state index in [0.29, 0.717) is 22.6 Å². The van der Waals surface area contributed by atoms with Crippen LogP contribution in [0, 0.1) is 6.92 Å². The Labute approximate surface area is 204 Å². The Kier molecular flexibility index (Phi) is 6.11. The monoisotopic (exact) mass is 487 g/mol. The van der Waals surface area contributed by atoms with E-state index < -0.39 is 24.5 Å². The van der Waals surface area contributed by atoms with Gasteiger partial charge in [0.15, 0.2) is 6.61 Å². The number of nitrogens with one attached hydrogen (secondary N) is 1. The molecule has 1 aromatic carbocycles. The number of fused-ring (bicyclic) bond motifs is 1. The van der Waals surface area contributed by atoms with Gasteiger partial charge in [-0.2, -0.15) is 0 Å². The van der Waals surface area contributed by atoms with Crippen LogP contribution < -0.4 is 5.32 Å². The highest BCUT2D eigenvalue weighted by Gasteiger charge is 2.24. The van der Waals surface area contributed by atoms with Crippen molar-refractivity contribution in [1.29, 1.82) is 0 Å². The maximum atomic E-state index is 13.1. The van der Waals surface area contributed by atoms with Crippen molar-refractivity contribution in [1.82, 2.24) is 25.0 Å². The second-order valence-electron chi connectivity index (χ2n) is 7.86. The van der Waals surface area contributed by atoms with Crippen LogP contribution in [0.25, 0.3) is 21.7 Å². The van der Waals surface area contributed by atoms with E-state index in [-0.39, 0.29) is 11.3 Å². The van der Waals surface area contributed by atoms with Crippen molar-refractivity contribution in [3.8, 4) is 10.6 Å². The molecular formula is C25H21N5O4S. The lowest BCUT2D eigenvalue weighted by molar-refractivity contribution is -0.124. The van der Waals surface area contributed by atoms with Crippen LogP contribution in [-0.2, 0) is 16.6 Å². The maximum Gasteiger partial charge on any atom is 0.339 e. The van der Waals surface area contributed by atoms with Gasteiger partial charge < -0.3 is 19.1 Å². The lowest BCUT2D eigenvalue weighted by Gasteiger charge is -2.19. The first-order valence-electron chi connectivity index (χ1n) is 10.8. The fourth-order valence-corrected chi connectivity index (χ4v) is 4.50. The van der Waals surface area contributed by atoms with Crippen molar-refractivity contribution >= 4 is 34.3 Å². The Bertz CT molecular complexity index is 1490. The minimum Gasteiger partial charge on any atom is -0.452 e. The van der Waals surface area contributed by atoms with E-state index in [2.05, 4.69) is 20.4 Å². The molecule has 0 aliphatic carbocycles. The topological polar surface area (TPSA) is 112 Å². The molecule has 9 nitrogen and oxygen atoms in total. The largest absolute Gasteiger partial charge is 0.452 e. The number of nitrogens with zero attached hydrogens (tertiary/aromatic N) is 4. The summed E-state index contributed by atoms with van der Waals surface area (Å²) in [7, 11) is 1.85. The minimum absolute atomic E-state index is 0.240. The number of aromatic nitrogens is 4. The van der Waals surface area contributed by atoms with Gasteiger partial charge in [0, 0.05) is 19.4 Å². The molecule has 35 heavy (non-hydrogen) atoms. The fraction of sp³-hybridized carbons (Fsp3) is 0.160. The van der Waals surface area contributed by atoms with E-state index >= 15 is 0 Å². The first-order chi connectivity index (χ1) is 17.0. The fourth-order valence-electron chi connectivity index (χ4n) is 3.82. The highest BCUT2D eigenvalue weighted by molar-refractivity contribution is 7.13. The number of carbonyl (C=O) groups is 2. The van der Waals surface area contributed by atoms with Crippen LogP contribution in [0.3, 0.4) is 0 Å². The SMILES string of the molecule is Cc1noc2nc(-c3cccs3)cc(C(=O)OCC(=O)NC(c3ccccc3)c3nccn3C)c12. The molecule has 1 atom stereocenters. The maximum absolute atomic E-state index is 13.1. The molecule has 176 valence electrons. The zero-order valence-electron chi connectivity index (χ0n) is 19.0. The van der Waals surface area contributed by atoms with Gasteiger partial charge in [0.05, 0.1) is 27.2 Å². The molecule has 4 aromatic heterocycles. The van der Waals surface area contributed by atoms with Crippen molar-refractivity contribution in [2.24, 2.45) is 7.05 Å². The standard InChI is InChI=1S/C25H21N5O4S/c1-15-21-17(13-18(19-9-6-12-35-19)27-24(21)34-29-15)25(32)33-14-20(31)28-22(16-7-4-3-5-8-16)23-26-10-11-30(23)2/h3-13,22H,14H2,1-2H3,(H,28,31). The van der Waals surface area contributed by atoms with Gasteiger partial charge in [0.2, 0.25) is 0 Å². The lowest BCUT2D eigenvalue weighted by atomic mass is 10.1. The van der Waals surface area contributed by atoms with Crippen LogP contribution in [0.5, 0.6) is 0 Å². The Morgan fingerprint density at radius 3 is 2.74 bits per heavy atom. The molecule has 0 radical (unpaired) electrons. The minimum atomic E-state index is -0.662. The van der Waals surface area contributed by atoms with Crippen LogP contribution in [0.1, 0.15) is 33.5 Å². The number of thiophene rings is 1. The third-order valence-electron chi connectivity index (χ3n) is 5.50. The molecule has 10 heteroatoms. The van der Waals surface area contributed by atoms with E-state index in [9.17, 15) is 9.59 Å². The third kappa shape index (κ3) is 4.56. The van der Waals surface area contributed by atoms with Gasteiger partial charge in [-0.05, 0) is 30.0 Å². The second kappa shape index (κ2) is 9.51. The average Bonchev–Trinajstić information content (AvgIpc) is 3.63. The molecule has 1 N–H and O–H groups in total. The molecule has 0 spiro atoms. The number of hydrogen-bond acceptors (Lipinski definition) is 8. The Morgan fingerprint density at radius 2 is 2.03 bits per heavy atom. The number of benzene rings is 1. The van der Waals surface area contributed by atoms with Crippen LogP contribution in [0.15, 0.2) is 70.8 Å². The summed E-state index contributed by atoms with van der Waals surface area (Å²) in [5, 5.41) is 9.24. The first kappa shape index (κ1) is 22.5. The molecule has 5 aromatic rings. The highest BCUT2D eigenvalue weighted by Crippen LogP contribution is 2.30. The summed E-state index contributed by atoms with van der Waals surface area (Å²) in [6, 6.07) is 14.4. The number of carbonyl (C=O) groups excluding carboxylic acids is 2. The van der Waals surface area contributed by atoms with Gasteiger partial charge in [0.1, 0.15) is 11.9 Å². The smallest absolute Gasteiger partial charge is 0.339 e. The number of hydrogen-bond donors (Lipinski definition) is 1. The van der Waals surface area contributed by atoms with Crippen LogP contribution in [-0.4, -0.2) is 38.2 Å². The zero-order valence-corrected chi connectivity index (χ0v) is 19.8. The molecule has 0 saturated carbocycles. The summed E-state index contributed by atoms with van der Waals surface area (Å²) >= 11 is 1.49. The van der Waals surface area contributed by atoms with Gasteiger partial charge in [0.25, 0.3) is 11.6 Å². The van der Waals surface area contributed by atoms with E-state index in [1.54, 1.807) is 25.4 Å². The van der Waals surface area contributed by atoms with Gasteiger partial charge in [-0.3, -0.25) is 4.79 Å². The molecule has 1 unspecified atom stereocenters. The molecule has 1 amide bonds. The average molecular weight is 488 g/mol. The number of imidazole rings is 1. The van der Waals surface area contributed by atoms with Crippen molar-refractivity contribution in [2.45, 2.75) is 13.0 Å². The molecule has 5 rings (SSSR count). The molecule has 0 fully saturated rings. The van der Waals surface area contributed by atoms with Crippen LogP contribution in [0.4, 0.5) is 0 Å². The predicted molar refractivity (Wildman–Crippen MR) is 130 cm³/mol. The van der Waals surface area contributed by atoms with Gasteiger partial charge >= 0.3 is 5.97 Å². The Morgan fingerprint density at radius 1 is 1.20 bits per heavy atom. The third-order valence-corrected chi connectivity index (χ3v) is 6.39. The van der Waals surface area contributed by atoms with Crippen LogP contribution >= 0.6 is 11.3 Å². The molecule has 0 saturated heterocycles. The quantitative estimate of drug-likeness (QED) is 0.345. The normalized spacial score (nSPS) is 11.9. The molecular weight excluding hydrogens is 466 g/mol. The number of esters is 1. The summed E-state index contributed by atoms with van der Waals surface area (Å²) in [5.41, 5.74) is 2.43. The molecule has 0 bridgehead atoms. The van der Waals surface area contributed by atoms with E-state index in [1.165, 1.54) is 11.3 Å². The summed E-state index contributed by atoms with van der Waals surface area (Å²) in [5.74, 6) is -0.460. The van der Waals surface area contributed by atoms with Crippen molar-refractivity contribution in [3.05, 3.63) is 88.9 Å². The number of rotatable bonds is 7. The summed E-state index contributed by atoms with van der Waals surface area (Å²) in [6.07, 6.45) is 3.47. The van der Waals surface area contributed by atoms with Crippen molar-refractivity contribution in [2.75, 3.05) is 6.61 Å². The van der Waals surface area contributed by atoms with Crippen molar-refractivity contribution < 1.29 is 18.8 Å². The summed E-state index contributed by atoms with van der Waals surface area (Å²) in [4.78, 5) is 35.6. The summed E-state index contributed by atoms with van der Waals surface area (Å²) in [6.45, 7) is 1.26. The van der Waals surface area contributed by atoms with E-state index in [0.717, 1.165) is 10.4 Å². The van der Waals surface area contributed by atoms with Crippen molar-refractivity contribution in [3.63, 3.8) is 0 Å². The number of aryl methyl sites for hydroxylation is 2. The van der Waals surface area contributed by atoms with Gasteiger partial charge in [-0.15, -0.1) is 11.3 Å². The molecule has 0 aliphatic heterocycles. The lowest BCUT2D eigenvalue weighted by Crippen LogP contribution is -2.34. The predicted octanol–water partition coefficient (Wildman–Crippen LogP) is 4.06. The Balaban J connectivity index is 1.36.